The Balaban J connectivity index is 2.74. The van der Waals surface area contributed by atoms with Crippen LogP contribution in [0.1, 0.15) is 13.8 Å². The summed E-state index contributed by atoms with van der Waals surface area (Å²) < 4.78 is 12.8. The first-order chi connectivity index (χ1) is 7.54. The molecule has 1 unspecified atom stereocenters. The average molecular weight is 240 g/mol. The Labute approximate surface area is 101 Å². The van der Waals surface area contributed by atoms with Crippen LogP contribution in [0.25, 0.3) is 0 Å². The molecule has 1 aromatic rings. The molecule has 0 radical (unpaired) electrons. The molecular formula is C12H17FN2S. The third kappa shape index (κ3) is 3.45. The quantitative estimate of drug-likeness (QED) is 0.802. The minimum absolute atomic E-state index is 0.153. The first-order valence-corrected chi connectivity index (χ1v) is 5.75. The molecule has 88 valence electrons. The monoisotopic (exact) mass is 240 g/mol. The lowest BCUT2D eigenvalue weighted by molar-refractivity contribution is 0.627. The maximum Gasteiger partial charge on any atom is 0.123 e. The molecule has 0 aliphatic carbocycles. The fraction of sp³-hybridized carbons (Fsp3) is 0.417. The molecule has 0 spiro atoms. The predicted octanol–water partition coefficient (Wildman–Crippen LogP) is 2.57. The standard InChI is InChI=1S/C12H17FN2S/c1-3-15(8-9(2)12(14)16)11-6-4-10(13)5-7-11/h4-7,9H,3,8H2,1-2H3,(H2,14,16). The highest BCUT2D eigenvalue weighted by Crippen LogP contribution is 2.16. The van der Waals surface area contributed by atoms with E-state index in [0.29, 0.717) is 4.99 Å². The molecule has 4 heteroatoms. The van der Waals surface area contributed by atoms with Crippen LogP contribution in [-0.2, 0) is 0 Å². The number of nitrogens with zero attached hydrogens (tertiary/aromatic N) is 1. The van der Waals surface area contributed by atoms with Crippen molar-refractivity contribution in [2.45, 2.75) is 13.8 Å². The lowest BCUT2D eigenvalue weighted by Crippen LogP contribution is -2.33. The molecule has 1 aromatic carbocycles. The molecule has 0 heterocycles. The molecule has 0 fully saturated rings. The second-order valence-corrected chi connectivity index (χ2v) is 4.29. The van der Waals surface area contributed by atoms with Gasteiger partial charge in [-0.05, 0) is 31.2 Å². The van der Waals surface area contributed by atoms with E-state index in [1.165, 1.54) is 12.1 Å². The van der Waals surface area contributed by atoms with Crippen molar-refractivity contribution in [1.29, 1.82) is 0 Å². The lowest BCUT2D eigenvalue weighted by Gasteiger charge is -2.26. The number of nitrogens with two attached hydrogens (primary N) is 1. The van der Waals surface area contributed by atoms with Crippen molar-refractivity contribution in [3.8, 4) is 0 Å². The number of anilines is 1. The van der Waals surface area contributed by atoms with E-state index in [1.807, 2.05) is 6.92 Å². The summed E-state index contributed by atoms with van der Waals surface area (Å²) in [5.41, 5.74) is 6.58. The summed E-state index contributed by atoms with van der Waals surface area (Å²) in [5.74, 6) is -0.0674. The Hall–Kier alpha value is -1.16. The van der Waals surface area contributed by atoms with Crippen molar-refractivity contribution in [2.75, 3.05) is 18.0 Å². The molecule has 0 saturated carbocycles. The van der Waals surface area contributed by atoms with Crippen LogP contribution >= 0.6 is 12.2 Å². The zero-order valence-electron chi connectivity index (χ0n) is 9.61. The molecule has 0 saturated heterocycles. The molecule has 16 heavy (non-hydrogen) atoms. The third-order valence-electron chi connectivity index (χ3n) is 2.55. The molecule has 2 N–H and O–H groups in total. The van der Waals surface area contributed by atoms with E-state index in [0.717, 1.165) is 18.8 Å². The smallest absolute Gasteiger partial charge is 0.123 e. The summed E-state index contributed by atoms with van der Waals surface area (Å²) >= 11 is 4.95. The zero-order valence-corrected chi connectivity index (χ0v) is 10.4. The van der Waals surface area contributed by atoms with Crippen LogP contribution in [-0.4, -0.2) is 18.1 Å². The van der Waals surface area contributed by atoms with Gasteiger partial charge in [0.1, 0.15) is 5.82 Å². The van der Waals surface area contributed by atoms with Crippen LogP contribution in [0.3, 0.4) is 0 Å². The Kier molecular flexibility index (Phi) is 4.68. The van der Waals surface area contributed by atoms with Gasteiger partial charge in [0.25, 0.3) is 0 Å². The highest BCUT2D eigenvalue weighted by molar-refractivity contribution is 7.80. The number of hydrogen-bond donors (Lipinski definition) is 1. The van der Waals surface area contributed by atoms with Gasteiger partial charge in [-0.1, -0.05) is 19.1 Å². The number of halogens is 1. The second-order valence-electron chi connectivity index (χ2n) is 3.82. The number of hydrogen-bond acceptors (Lipinski definition) is 2. The van der Waals surface area contributed by atoms with E-state index in [9.17, 15) is 4.39 Å². The van der Waals surface area contributed by atoms with Gasteiger partial charge in [-0.15, -0.1) is 0 Å². The molecular weight excluding hydrogens is 223 g/mol. The number of thiocarbonyl (C=S) groups is 1. The summed E-state index contributed by atoms with van der Waals surface area (Å²) in [7, 11) is 0. The molecule has 1 rings (SSSR count). The average Bonchev–Trinajstić information content (AvgIpc) is 2.26. The van der Waals surface area contributed by atoms with Crippen LogP contribution in [0.5, 0.6) is 0 Å². The molecule has 0 aliphatic rings. The van der Waals surface area contributed by atoms with Gasteiger partial charge < -0.3 is 10.6 Å². The van der Waals surface area contributed by atoms with E-state index >= 15 is 0 Å². The normalized spacial score (nSPS) is 12.2. The van der Waals surface area contributed by atoms with Gasteiger partial charge in [-0.25, -0.2) is 4.39 Å². The van der Waals surface area contributed by atoms with Crippen LogP contribution < -0.4 is 10.6 Å². The predicted molar refractivity (Wildman–Crippen MR) is 70.2 cm³/mol. The Morgan fingerprint density at radius 3 is 2.44 bits per heavy atom. The first kappa shape index (κ1) is 12.9. The molecule has 0 bridgehead atoms. The Morgan fingerprint density at radius 1 is 1.44 bits per heavy atom. The fourth-order valence-corrected chi connectivity index (χ4v) is 1.56. The Bertz CT molecular complexity index is 351. The van der Waals surface area contributed by atoms with Crippen molar-refractivity contribution < 1.29 is 4.39 Å². The van der Waals surface area contributed by atoms with Crippen LogP contribution in [0, 0.1) is 11.7 Å². The van der Waals surface area contributed by atoms with E-state index in [-0.39, 0.29) is 11.7 Å². The van der Waals surface area contributed by atoms with Crippen molar-refractivity contribution in [3.05, 3.63) is 30.1 Å². The van der Waals surface area contributed by atoms with Crippen molar-refractivity contribution in [2.24, 2.45) is 11.7 Å². The minimum atomic E-state index is -0.220. The zero-order chi connectivity index (χ0) is 12.1. The number of benzene rings is 1. The third-order valence-corrected chi connectivity index (χ3v) is 2.96. The van der Waals surface area contributed by atoms with Gasteiger partial charge in [0.2, 0.25) is 0 Å². The largest absolute Gasteiger partial charge is 0.393 e. The second kappa shape index (κ2) is 5.80. The van der Waals surface area contributed by atoms with Gasteiger partial charge in [0, 0.05) is 24.7 Å². The summed E-state index contributed by atoms with van der Waals surface area (Å²) in [6.45, 7) is 5.65. The maximum atomic E-state index is 12.8. The summed E-state index contributed by atoms with van der Waals surface area (Å²) in [4.78, 5) is 2.64. The van der Waals surface area contributed by atoms with Crippen molar-refractivity contribution >= 4 is 22.9 Å². The molecule has 0 aliphatic heterocycles. The fourth-order valence-electron chi connectivity index (χ4n) is 1.49. The van der Waals surface area contributed by atoms with Gasteiger partial charge in [0.15, 0.2) is 0 Å². The SMILES string of the molecule is CCN(CC(C)C(N)=S)c1ccc(F)cc1. The van der Waals surface area contributed by atoms with Crippen molar-refractivity contribution in [1.82, 2.24) is 0 Å². The van der Waals surface area contributed by atoms with Gasteiger partial charge in [-0.2, -0.15) is 0 Å². The summed E-state index contributed by atoms with van der Waals surface area (Å²) in [6.07, 6.45) is 0. The van der Waals surface area contributed by atoms with E-state index in [2.05, 4.69) is 11.8 Å². The highest BCUT2D eigenvalue weighted by Gasteiger charge is 2.11. The van der Waals surface area contributed by atoms with Crippen LogP contribution in [0.15, 0.2) is 24.3 Å². The molecule has 0 amide bonds. The molecule has 2 nitrogen and oxygen atoms in total. The summed E-state index contributed by atoms with van der Waals surface area (Å²) in [5, 5.41) is 0. The van der Waals surface area contributed by atoms with Gasteiger partial charge in [0.05, 0.1) is 4.99 Å². The summed E-state index contributed by atoms with van der Waals surface area (Å²) in [6, 6.07) is 6.46. The van der Waals surface area contributed by atoms with Crippen molar-refractivity contribution in [3.63, 3.8) is 0 Å². The topological polar surface area (TPSA) is 29.3 Å². The molecule has 1 atom stereocenters. The Morgan fingerprint density at radius 2 is 2.00 bits per heavy atom. The maximum absolute atomic E-state index is 12.8. The van der Waals surface area contributed by atoms with Gasteiger partial charge >= 0.3 is 0 Å². The van der Waals surface area contributed by atoms with E-state index in [4.69, 9.17) is 18.0 Å². The van der Waals surface area contributed by atoms with E-state index in [1.54, 1.807) is 12.1 Å². The minimum Gasteiger partial charge on any atom is -0.393 e. The first-order valence-electron chi connectivity index (χ1n) is 5.34. The molecule has 0 aromatic heterocycles. The van der Waals surface area contributed by atoms with Crippen LogP contribution in [0.4, 0.5) is 10.1 Å². The number of rotatable bonds is 5. The van der Waals surface area contributed by atoms with E-state index < -0.39 is 0 Å². The lowest BCUT2D eigenvalue weighted by atomic mass is 10.1. The van der Waals surface area contributed by atoms with Gasteiger partial charge in [-0.3, -0.25) is 0 Å². The highest BCUT2D eigenvalue weighted by atomic mass is 32.1. The van der Waals surface area contributed by atoms with Crippen LogP contribution in [0.2, 0.25) is 0 Å².